The van der Waals surface area contributed by atoms with Crippen LogP contribution in [0.3, 0.4) is 0 Å². The number of likely N-dealkylation sites (N-methyl/N-ethyl adjacent to an activating group) is 1. The number of furan rings is 1. The van der Waals surface area contributed by atoms with E-state index in [-0.39, 0.29) is 0 Å². The van der Waals surface area contributed by atoms with Crippen LogP contribution in [0.15, 0.2) is 27.2 Å². The Labute approximate surface area is 111 Å². The number of nitrogens with one attached hydrogen (secondary N) is 1. The first-order chi connectivity index (χ1) is 9.36. The number of rotatable bonds is 5. The highest BCUT2D eigenvalue weighted by Crippen LogP contribution is 2.19. The lowest BCUT2D eigenvalue weighted by atomic mass is 10.2. The van der Waals surface area contributed by atoms with Crippen LogP contribution in [0.2, 0.25) is 0 Å². The Morgan fingerprint density at radius 2 is 2.42 bits per heavy atom. The van der Waals surface area contributed by atoms with E-state index >= 15 is 0 Å². The Morgan fingerprint density at radius 3 is 3.11 bits per heavy atom. The summed E-state index contributed by atoms with van der Waals surface area (Å²) >= 11 is 0. The van der Waals surface area contributed by atoms with Crippen molar-refractivity contribution in [2.24, 2.45) is 0 Å². The molecule has 0 bridgehead atoms. The first-order valence-corrected chi connectivity index (χ1v) is 6.68. The molecule has 0 amide bonds. The molecule has 0 spiro atoms. The third-order valence-corrected chi connectivity index (χ3v) is 3.49. The second-order valence-corrected chi connectivity index (χ2v) is 4.69. The maximum Gasteiger partial charge on any atom is 0.283 e. The standard InChI is InChI=1S/C13H18N4O2/c1-2-17(10-5-6-14-8-10)9-12-15-16-13(19-12)11-4-3-7-18-11/h3-4,7,10,14H,2,5-6,8-9H2,1H3. The van der Waals surface area contributed by atoms with Gasteiger partial charge in [-0.2, -0.15) is 0 Å². The van der Waals surface area contributed by atoms with Crippen molar-refractivity contribution in [3.63, 3.8) is 0 Å². The highest BCUT2D eigenvalue weighted by atomic mass is 16.4. The molecule has 1 aliphatic heterocycles. The lowest BCUT2D eigenvalue weighted by Gasteiger charge is -2.24. The van der Waals surface area contributed by atoms with Crippen molar-refractivity contribution in [3.05, 3.63) is 24.3 Å². The van der Waals surface area contributed by atoms with E-state index in [9.17, 15) is 0 Å². The van der Waals surface area contributed by atoms with Gasteiger partial charge in [0.25, 0.3) is 5.89 Å². The molecule has 6 heteroatoms. The van der Waals surface area contributed by atoms with E-state index in [0.29, 0.717) is 30.1 Å². The highest BCUT2D eigenvalue weighted by molar-refractivity contribution is 5.42. The zero-order valence-corrected chi connectivity index (χ0v) is 11.0. The lowest BCUT2D eigenvalue weighted by Crippen LogP contribution is -2.36. The molecule has 1 aliphatic rings. The summed E-state index contributed by atoms with van der Waals surface area (Å²) < 4.78 is 10.9. The third-order valence-electron chi connectivity index (χ3n) is 3.49. The molecule has 3 heterocycles. The maximum absolute atomic E-state index is 5.64. The third kappa shape index (κ3) is 2.69. The monoisotopic (exact) mass is 262 g/mol. The van der Waals surface area contributed by atoms with Gasteiger partial charge in [0, 0.05) is 12.6 Å². The van der Waals surface area contributed by atoms with Crippen LogP contribution >= 0.6 is 0 Å². The van der Waals surface area contributed by atoms with E-state index < -0.39 is 0 Å². The summed E-state index contributed by atoms with van der Waals surface area (Å²) in [5, 5.41) is 11.5. The highest BCUT2D eigenvalue weighted by Gasteiger charge is 2.23. The van der Waals surface area contributed by atoms with E-state index in [0.717, 1.165) is 19.6 Å². The Kier molecular flexibility index (Phi) is 3.61. The fourth-order valence-corrected chi connectivity index (χ4v) is 2.44. The van der Waals surface area contributed by atoms with Crippen LogP contribution in [-0.2, 0) is 6.54 Å². The minimum atomic E-state index is 0.445. The first-order valence-electron chi connectivity index (χ1n) is 6.68. The molecule has 1 atom stereocenters. The van der Waals surface area contributed by atoms with Crippen LogP contribution in [0.25, 0.3) is 11.7 Å². The zero-order chi connectivity index (χ0) is 13.1. The van der Waals surface area contributed by atoms with Gasteiger partial charge in [0.1, 0.15) is 0 Å². The molecule has 1 unspecified atom stereocenters. The summed E-state index contributed by atoms with van der Waals surface area (Å²) in [7, 11) is 0. The number of aromatic nitrogens is 2. The smallest absolute Gasteiger partial charge is 0.283 e. The van der Waals surface area contributed by atoms with E-state index in [1.54, 1.807) is 6.26 Å². The molecule has 0 aliphatic carbocycles. The molecule has 1 saturated heterocycles. The maximum atomic E-state index is 5.64. The van der Waals surface area contributed by atoms with Crippen molar-refractivity contribution in [2.45, 2.75) is 25.9 Å². The topological polar surface area (TPSA) is 67.3 Å². The van der Waals surface area contributed by atoms with Crippen LogP contribution in [0.5, 0.6) is 0 Å². The normalized spacial score (nSPS) is 19.4. The molecule has 6 nitrogen and oxygen atoms in total. The van der Waals surface area contributed by atoms with Crippen LogP contribution < -0.4 is 5.32 Å². The average Bonchev–Trinajstić information content (AvgIpc) is 3.15. The van der Waals surface area contributed by atoms with Gasteiger partial charge in [0.05, 0.1) is 12.8 Å². The number of nitrogens with zero attached hydrogens (tertiary/aromatic N) is 3. The summed E-state index contributed by atoms with van der Waals surface area (Å²) in [6.45, 7) is 5.94. The van der Waals surface area contributed by atoms with Gasteiger partial charge in [0.15, 0.2) is 5.76 Å². The molecular weight excluding hydrogens is 244 g/mol. The fourth-order valence-electron chi connectivity index (χ4n) is 2.44. The van der Waals surface area contributed by atoms with Crippen LogP contribution in [-0.4, -0.2) is 40.8 Å². The Bertz CT molecular complexity index is 502. The number of hydrogen-bond acceptors (Lipinski definition) is 6. The Hall–Kier alpha value is -1.66. The van der Waals surface area contributed by atoms with Crippen LogP contribution in [0.4, 0.5) is 0 Å². The molecule has 19 heavy (non-hydrogen) atoms. The second kappa shape index (κ2) is 5.54. The SMILES string of the molecule is CCN(Cc1nnc(-c2ccco2)o1)C1CCNC1. The average molecular weight is 262 g/mol. The van der Waals surface area contributed by atoms with Gasteiger partial charge < -0.3 is 14.2 Å². The second-order valence-electron chi connectivity index (χ2n) is 4.69. The van der Waals surface area contributed by atoms with E-state index in [1.807, 2.05) is 12.1 Å². The van der Waals surface area contributed by atoms with Gasteiger partial charge in [-0.3, -0.25) is 4.90 Å². The van der Waals surface area contributed by atoms with Gasteiger partial charge in [-0.15, -0.1) is 10.2 Å². The van der Waals surface area contributed by atoms with Crippen molar-refractivity contribution in [2.75, 3.05) is 19.6 Å². The largest absolute Gasteiger partial charge is 0.459 e. The van der Waals surface area contributed by atoms with Gasteiger partial charge >= 0.3 is 0 Å². The lowest BCUT2D eigenvalue weighted by molar-refractivity contribution is 0.191. The number of hydrogen-bond donors (Lipinski definition) is 1. The molecule has 1 fully saturated rings. The molecule has 1 N–H and O–H groups in total. The van der Waals surface area contributed by atoms with Crippen molar-refractivity contribution in [3.8, 4) is 11.7 Å². The van der Waals surface area contributed by atoms with Crippen LogP contribution in [0.1, 0.15) is 19.2 Å². The van der Waals surface area contributed by atoms with E-state index in [2.05, 4.69) is 27.3 Å². The molecule has 0 saturated carbocycles. The quantitative estimate of drug-likeness (QED) is 0.881. The first kappa shape index (κ1) is 12.4. The fraction of sp³-hybridized carbons (Fsp3) is 0.538. The van der Waals surface area contributed by atoms with Gasteiger partial charge in [-0.1, -0.05) is 6.92 Å². The zero-order valence-electron chi connectivity index (χ0n) is 11.0. The van der Waals surface area contributed by atoms with Gasteiger partial charge in [-0.05, 0) is 31.6 Å². The summed E-state index contributed by atoms with van der Waals surface area (Å²) in [5.74, 6) is 1.70. The van der Waals surface area contributed by atoms with Crippen molar-refractivity contribution in [1.82, 2.24) is 20.4 Å². The molecule has 0 aromatic carbocycles. The minimum Gasteiger partial charge on any atom is -0.459 e. The minimum absolute atomic E-state index is 0.445. The van der Waals surface area contributed by atoms with Crippen molar-refractivity contribution in [1.29, 1.82) is 0 Å². The molecule has 3 rings (SSSR count). The van der Waals surface area contributed by atoms with Gasteiger partial charge in [0.2, 0.25) is 5.89 Å². The van der Waals surface area contributed by atoms with Gasteiger partial charge in [-0.25, -0.2) is 0 Å². The summed E-state index contributed by atoms with van der Waals surface area (Å²) in [6.07, 6.45) is 2.77. The molecule has 0 radical (unpaired) electrons. The predicted molar refractivity (Wildman–Crippen MR) is 69.4 cm³/mol. The molecule has 2 aromatic rings. The Balaban J connectivity index is 1.68. The summed E-state index contributed by atoms with van der Waals surface area (Å²) in [4.78, 5) is 2.36. The van der Waals surface area contributed by atoms with Crippen LogP contribution in [0, 0.1) is 0 Å². The summed E-state index contributed by atoms with van der Waals surface area (Å²) in [5.41, 5.74) is 0. The van der Waals surface area contributed by atoms with Crippen molar-refractivity contribution >= 4 is 0 Å². The van der Waals surface area contributed by atoms with Crippen molar-refractivity contribution < 1.29 is 8.83 Å². The summed E-state index contributed by atoms with van der Waals surface area (Å²) in [6, 6.07) is 4.18. The molecule has 102 valence electrons. The van der Waals surface area contributed by atoms with E-state index in [1.165, 1.54) is 6.42 Å². The molecule has 2 aromatic heterocycles. The molecular formula is C13H18N4O2. The predicted octanol–water partition coefficient (Wildman–Crippen LogP) is 1.51. The Morgan fingerprint density at radius 1 is 1.47 bits per heavy atom. The van der Waals surface area contributed by atoms with E-state index in [4.69, 9.17) is 8.83 Å².